The lowest BCUT2D eigenvalue weighted by Crippen LogP contribution is -2.49. The number of carboxylic acid groups (broad SMARTS) is 1. The average molecular weight is 239 g/mol. The number of carbonyl (C=O) groups is 1. The van der Waals surface area contributed by atoms with Gasteiger partial charge < -0.3 is 5.11 Å². The highest BCUT2D eigenvalue weighted by atomic mass is 19.1. The molecule has 0 radical (unpaired) electrons. The van der Waals surface area contributed by atoms with Crippen molar-refractivity contribution in [2.24, 2.45) is 0 Å². The number of halogens is 1. The van der Waals surface area contributed by atoms with E-state index in [1.807, 2.05) is 6.92 Å². The highest BCUT2D eigenvalue weighted by Crippen LogP contribution is 2.18. The van der Waals surface area contributed by atoms with Crippen LogP contribution in [-0.4, -0.2) is 28.1 Å². The lowest BCUT2D eigenvalue weighted by molar-refractivity contribution is -0.149. The lowest BCUT2D eigenvalue weighted by Gasteiger charge is -2.34. The molecule has 3 nitrogen and oxygen atoms in total. The van der Waals surface area contributed by atoms with Crippen LogP contribution in [0.1, 0.15) is 26.3 Å². The van der Waals surface area contributed by atoms with Crippen LogP contribution in [0.4, 0.5) is 4.39 Å². The van der Waals surface area contributed by atoms with Gasteiger partial charge in [-0.3, -0.25) is 9.69 Å². The summed E-state index contributed by atoms with van der Waals surface area (Å²) in [6.45, 7) is 6.21. The molecule has 0 aliphatic rings. The van der Waals surface area contributed by atoms with E-state index < -0.39 is 11.5 Å². The van der Waals surface area contributed by atoms with E-state index in [-0.39, 0.29) is 5.82 Å². The Morgan fingerprint density at radius 2 is 2.12 bits per heavy atom. The second kappa shape index (κ2) is 5.27. The van der Waals surface area contributed by atoms with E-state index in [1.54, 1.807) is 30.9 Å². The van der Waals surface area contributed by atoms with Crippen LogP contribution in [0.3, 0.4) is 0 Å². The molecule has 0 saturated carbocycles. The number of carboxylic acids is 1. The third-order valence-corrected chi connectivity index (χ3v) is 2.96. The number of nitrogens with zero attached hydrogens (tertiary/aromatic N) is 1. The Balaban J connectivity index is 2.87. The Kier molecular flexibility index (Phi) is 4.23. The Labute approximate surface area is 101 Å². The Bertz CT molecular complexity index is 404. The van der Waals surface area contributed by atoms with Gasteiger partial charge in [0.1, 0.15) is 11.4 Å². The monoisotopic (exact) mass is 239 g/mol. The van der Waals surface area contributed by atoms with E-state index in [0.717, 1.165) is 5.56 Å². The summed E-state index contributed by atoms with van der Waals surface area (Å²) in [5.41, 5.74) is -0.178. The van der Waals surface area contributed by atoms with Gasteiger partial charge in [-0.2, -0.15) is 0 Å². The quantitative estimate of drug-likeness (QED) is 0.858. The van der Waals surface area contributed by atoms with Crippen molar-refractivity contribution >= 4 is 5.97 Å². The number of hydrogen-bond donors (Lipinski definition) is 1. The number of benzene rings is 1. The van der Waals surface area contributed by atoms with Crippen molar-refractivity contribution in [1.82, 2.24) is 4.90 Å². The maximum absolute atomic E-state index is 13.0. The minimum Gasteiger partial charge on any atom is -0.480 e. The maximum atomic E-state index is 13.0. The second-order valence-corrected chi connectivity index (χ2v) is 4.51. The zero-order chi connectivity index (χ0) is 13.1. The minimum atomic E-state index is -0.957. The van der Waals surface area contributed by atoms with Gasteiger partial charge in [-0.05, 0) is 38.1 Å². The summed E-state index contributed by atoms with van der Waals surface area (Å²) >= 11 is 0. The fourth-order valence-corrected chi connectivity index (χ4v) is 1.70. The van der Waals surface area contributed by atoms with Gasteiger partial charge in [0, 0.05) is 6.54 Å². The largest absolute Gasteiger partial charge is 0.480 e. The molecule has 0 aliphatic heterocycles. The van der Waals surface area contributed by atoms with Crippen molar-refractivity contribution in [2.75, 3.05) is 6.54 Å². The van der Waals surface area contributed by atoms with Crippen LogP contribution in [0.15, 0.2) is 24.3 Å². The van der Waals surface area contributed by atoms with Crippen molar-refractivity contribution in [2.45, 2.75) is 32.9 Å². The van der Waals surface area contributed by atoms with Gasteiger partial charge in [0.25, 0.3) is 0 Å². The fraction of sp³-hybridized carbons (Fsp3) is 0.462. The van der Waals surface area contributed by atoms with Crippen LogP contribution in [0.5, 0.6) is 0 Å². The average Bonchev–Trinajstić information content (AvgIpc) is 2.25. The third-order valence-electron chi connectivity index (χ3n) is 2.96. The molecular weight excluding hydrogens is 221 g/mol. The highest BCUT2D eigenvalue weighted by molar-refractivity contribution is 5.77. The van der Waals surface area contributed by atoms with Crippen molar-refractivity contribution in [3.05, 3.63) is 35.6 Å². The smallest absolute Gasteiger partial charge is 0.323 e. The van der Waals surface area contributed by atoms with Crippen molar-refractivity contribution < 1.29 is 14.3 Å². The molecule has 94 valence electrons. The zero-order valence-electron chi connectivity index (χ0n) is 10.4. The van der Waals surface area contributed by atoms with Crippen molar-refractivity contribution in [3.8, 4) is 0 Å². The molecule has 0 fully saturated rings. The number of aliphatic carboxylic acids is 1. The third kappa shape index (κ3) is 3.27. The molecule has 0 spiro atoms. The molecule has 0 bridgehead atoms. The Morgan fingerprint density at radius 3 is 2.59 bits per heavy atom. The van der Waals surface area contributed by atoms with Gasteiger partial charge in [-0.25, -0.2) is 4.39 Å². The van der Waals surface area contributed by atoms with E-state index >= 15 is 0 Å². The van der Waals surface area contributed by atoms with Gasteiger partial charge in [0.15, 0.2) is 0 Å². The van der Waals surface area contributed by atoms with E-state index in [1.165, 1.54) is 12.1 Å². The predicted octanol–water partition coefficient (Wildman–Crippen LogP) is 2.51. The summed E-state index contributed by atoms with van der Waals surface area (Å²) in [6.07, 6.45) is 0. The molecule has 1 aromatic rings. The van der Waals surface area contributed by atoms with Crippen molar-refractivity contribution in [1.29, 1.82) is 0 Å². The highest BCUT2D eigenvalue weighted by Gasteiger charge is 2.33. The van der Waals surface area contributed by atoms with E-state index in [2.05, 4.69) is 0 Å². The maximum Gasteiger partial charge on any atom is 0.323 e. The van der Waals surface area contributed by atoms with Gasteiger partial charge in [0.05, 0.1) is 0 Å². The molecule has 0 atom stereocenters. The Hall–Kier alpha value is -1.42. The number of hydrogen-bond acceptors (Lipinski definition) is 2. The molecule has 0 amide bonds. The van der Waals surface area contributed by atoms with E-state index in [4.69, 9.17) is 5.11 Å². The molecular formula is C13H18FNO2. The molecule has 0 saturated heterocycles. The molecule has 0 unspecified atom stereocenters. The molecule has 0 aromatic heterocycles. The van der Waals surface area contributed by atoms with Crippen LogP contribution in [-0.2, 0) is 11.3 Å². The second-order valence-electron chi connectivity index (χ2n) is 4.51. The first-order valence-corrected chi connectivity index (χ1v) is 5.60. The van der Waals surface area contributed by atoms with Gasteiger partial charge >= 0.3 is 5.97 Å². The van der Waals surface area contributed by atoms with Gasteiger partial charge in [-0.1, -0.05) is 19.1 Å². The van der Waals surface area contributed by atoms with Crippen LogP contribution in [0.2, 0.25) is 0 Å². The summed E-state index contributed by atoms with van der Waals surface area (Å²) in [4.78, 5) is 13.0. The first kappa shape index (κ1) is 13.6. The van der Waals surface area contributed by atoms with Gasteiger partial charge in [-0.15, -0.1) is 0 Å². The standard InChI is InChI=1S/C13H18FNO2/c1-4-15(13(2,3)12(16)17)9-10-6-5-7-11(14)8-10/h5-8H,4,9H2,1-3H3,(H,16,17). The van der Waals surface area contributed by atoms with Crippen LogP contribution in [0.25, 0.3) is 0 Å². The molecule has 1 N–H and O–H groups in total. The number of likely N-dealkylation sites (N-methyl/N-ethyl adjacent to an activating group) is 1. The molecule has 0 heterocycles. The zero-order valence-corrected chi connectivity index (χ0v) is 10.4. The summed E-state index contributed by atoms with van der Waals surface area (Å²) in [5, 5.41) is 9.16. The van der Waals surface area contributed by atoms with Crippen LogP contribution < -0.4 is 0 Å². The minimum absolute atomic E-state index is 0.299. The molecule has 1 aromatic carbocycles. The Morgan fingerprint density at radius 1 is 1.47 bits per heavy atom. The van der Waals surface area contributed by atoms with E-state index in [0.29, 0.717) is 13.1 Å². The number of rotatable bonds is 5. The molecule has 17 heavy (non-hydrogen) atoms. The normalized spacial score (nSPS) is 11.8. The van der Waals surface area contributed by atoms with Crippen molar-refractivity contribution in [3.63, 3.8) is 0 Å². The first-order chi connectivity index (χ1) is 7.87. The van der Waals surface area contributed by atoms with E-state index in [9.17, 15) is 9.18 Å². The fourth-order valence-electron chi connectivity index (χ4n) is 1.70. The predicted molar refractivity (Wildman–Crippen MR) is 64.2 cm³/mol. The van der Waals surface area contributed by atoms with Gasteiger partial charge in [0.2, 0.25) is 0 Å². The summed E-state index contributed by atoms with van der Waals surface area (Å²) < 4.78 is 13.0. The first-order valence-electron chi connectivity index (χ1n) is 5.60. The molecule has 1 rings (SSSR count). The summed E-state index contributed by atoms with van der Waals surface area (Å²) in [5.74, 6) is -1.18. The summed E-state index contributed by atoms with van der Waals surface area (Å²) in [6, 6.07) is 6.23. The lowest BCUT2D eigenvalue weighted by atomic mass is 10.0. The topological polar surface area (TPSA) is 40.5 Å². The summed E-state index contributed by atoms with van der Waals surface area (Å²) in [7, 11) is 0. The SMILES string of the molecule is CCN(Cc1cccc(F)c1)C(C)(C)C(=O)O. The van der Waals surface area contributed by atoms with Crippen LogP contribution >= 0.6 is 0 Å². The molecule has 0 aliphatic carbocycles. The molecule has 4 heteroatoms. The van der Waals surface area contributed by atoms with Crippen LogP contribution in [0, 0.1) is 5.82 Å².